The zero-order chi connectivity index (χ0) is 18.4. The van der Waals surface area contributed by atoms with Crippen LogP contribution in [0.4, 0.5) is 5.69 Å². The van der Waals surface area contributed by atoms with Crippen molar-refractivity contribution in [3.8, 4) is 0 Å². The summed E-state index contributed by atoms with van der Waals surface area (Å²) in [6, 6.07) is 20.3. The molecule has 2 aromatic carbocycles. The maximum absolute atomic E-state index is 12.9. The van der Waals surface area contributed by atoms with Crippen LogP contribution in [0.1, 0.15) is 38.2 Å². The van der Waals surface area contributed by atoms with Crippen LogP contribution in [0.15, 0.2) is 84.2 Å². The molecule has 3 rings (SSSR count). The van der Waals surface area contributed by atoms with Crippen molar-refractivity contribution < 1.29 is 9.53 Å². The number of nitrogens with zero attached hydrogens (tertiary/aromatic N) is 1. The smallest absolute Gasteiger partial charge is 0.336 e. The van der Waals surface area contributed by atoms with Crippen molar-refractivity contribution in [2.45, 2.75) is 32.6 Å². The monoisotopic (exact) mass is 347 g/mol. The molecule has 1 unspecified atom stereocenters. The summed E-state index contributed by atoms with van der Waals surface area (Å²) in [5.41, 5.74) is 3.92. The SMILES string of the molecule is CCCC1=C(C(=O)OCC)C(c2ccccc2)C=CN1c1ccccc1. The number of esters is 1. The molecule has 134 valence electrons. The molecule has 0 radical (unpaired) electrons. The molecule has 1 aliphatic rings. The van der Waals surface area contributed by atoms with Gasteiger partial charge in [-0.05, 0) is 31.0 Å². The minimum Gasteiger partial charge on any atom is -0.463 e. The molecule has 0 amide bonds. The van der Waals surface area contributed by atoms with Gasteiger partial charge >= 0.3 is 5.97 Å². The number of rotatable bonds is 6. The normalized spacial score (nSPS) is 16.7. The number of carbonyl (C=O) groups excluding carboxylic acids is 1. The van der Waals surface area contributed by atoms with Gasteiger partial charge in [0, 0.05) is 23.5 Å². The van der Waals surface area contributed by atoms with Crippen LogP contribution in [0, 0.1) is 0 Å². The van der Waals surface area contributed by atoms with E-state index in [1.54, 1.807) is 0 Å². The van der Waals surface area contributed by atoms with Gasteiger partial charge in [-0.15, -0.1) is 0 Å². The van der Waals surface area contributed by atoms with Crippen molar-refractivity contribution in [2.24, 2.45) is 0 Å². The molecule has 0 aromatic heterocycles. The van der Waals surface area contributed by atoms with Crippen LogP contribution < -0.4 is 4.90 Å². The van der Waals surface area contributed by atoms with Crippen LogP contribution in [-0.4, -0.2) is 12.6 Å². The Bertz CT molecular complexity index is 793. The van der Waals surface area contributed by atoms with E-state index in [1.165, 1.54) is 0 Å². The third kappa shape index (κ3) is 3.72. The number of para-hydroxylation sites is 1. The zero-order valence-corrected chi connectivity index (χ0v) is 15.4. The molecule has 3 nitrogen and oxygen atoms in total. The number of allylic oxidation sites excluding steroid dienone is 2. The average Bonchev–Trinajstić information content (AvgIpc) is 2.69. The summed E-state index contributed by atoms with van der Waals surface area (Å²) in [6.45, 7) is 4.36. The average molecular weight is 347 g/mol. The van der Waals surface area contributed by atoms with Gasteiger partial charge < -0.3 is 9.64 Å². The highest BCUT2D eigenvalue weighted by molar-refractivity contribution is 5.93. The van der Waals surface area contributed by atoms with Gasteiger partial charge in [0.1, 0.15) is 0 Å². The second kappa shape index (κ2) is 8.52. The summed E-state index contributed by atoms with van der Waals surface area (Å²) in [4.78, 5) is 15.0. The molecule has 26 heavy (non-hydrogen) atoms. The standard InChI is InChI=1S/C23H25NO2/c1-3-11-21-22(23(25)26-4-2)20(18-12-7-5-8-13-18)16-17-24(21)19-14-9-6-10-15-19/h5-10,12-17,20H,3-4,11H2,1-2H3. The quantitative estimate of drug-likeness (QED) is 0.653. The summed E-state index contributed by atoms with van der Waals surface area (Å²) < 4.78 is 5.44. The van der Waals surface area contributed by atoms with Crippen LogP contribution in [0.25, 0.3) is 0 Å². The maximum atomic E-state index is 12.9. The molecule has 0 N–H and O–H groups in total. The van der Waals surface area contributed by atoms with Crippen LogP contribution >= 0.6 is 0 Å². The van der Waals surface area contributed by atoms with Crippen LogP contribution in [0.2, 0.25) is 0 Å². The van der Waals surface area contributed by atoms with E-state index in [0.717, 1.165) is 35.4 Å². The Labute approximate surface area is 155 Å². The third-order valence-electron chi connectivity index (χ3n) is 4.52. The van der Waals surface area contributed by atoms with E-state index < -0.39 is 0 Å². The Balaban J connectivity index is 2.12. The Morgan fingerprint density at radius 1 is 1.00 bits per heavy atom. The minimum atomic E-state index is -0.227. The van der Waals surface area contributed by atoms with E-state index in [1.807, 2.05) is 43.3 Å². The minimum absolute atomic E-state index is 0.0863. The van der Waals surface area contributed by atoms with Gasteiger partial charge in [-0.3, -0.25) is 0 Å². The highest BCUT2D eigenvalue weighted by Crippen LogP contribution is 2.38. The fourth-order valence-electron chi connectivity index (χ4n) is 3.38. The van der Waals surface area contributed by atoms with Gasteiger partial charge in [-0.2, -0.15) is 0 Å². The fourth-order valence-corrected chi connectivity index (χ4v) is 3.38. The van der Waals surface area contributed by atoms with Crippen LogP contribution in [-0.2, 0) is 9.53 Å². The summed E-state index contributed by atoms with van der Waals surface area (Å²) in [7, 11) is 0. The van der Waals surface area contributed by atoms with Gasteiger partial charge in [-0.1, -0.05) is 68.0 Å². The van der Waals surface area contributed by atoms with E-state index in [-0.39, 0.29) is 11.9 Å². The molecule has 0 aliphatic carbocycles. The molecular formula is C23H25NO2. The van der Waals surface area contributed by atoms with Gasteiger partial charge in [0.05, 0.1) is 12.2 Å². The molecule has 2 aromatic rings. The first-order valence-corrected chi connectivity index (χ1v) is 9.24. The molecule has 3 heteroatoms. The molecule has 1 aliphatic heterocycles. The Kier molecular flexibility index (Phi) is 5.90. The molecular weight excluding hydrogens is 322 g/mol. The zero-order valence-electron chi connectivity index (χ0n) is 15.4. The van der Waals surface area contributed by atoms with Crippen molar-refractivity contribution in [3.05, 3.63) is 89.8 Å². The molecule has 0 bridgehead atoms. The Hall–Kier alpha value is -2.81. The second-order valence-corrected chi connectivity index (χ2v) is 6.27. The maximum Gasteiger partial charge on any atom is 0.336 e. The molecule has 1 heterocycles. The lowest BCUT2D eigenvalue weighted by Gasteiger charge is -2.33. The van der Waals surface area contributed by atoms with Crippen molar-refractivity contribution in [1.82, 2.24) is 0 Å². The second-order valence-electron chi connectivity index (χ2n) is 6.27. The Morgan fingerprint density at radius 3 is 2.27 bits per heavy atom. The van der Waals surface area contributed by atoms with Gasteiger partial charge in [0.15, 0.2) is 0 Å². The van der Waals surface area contributed by atoms with Gasteiger partial charge in [0.25, 0.3) is 0 Å². The summed E-state index contributed by atoms with van der Waals surface area (Å²) in [5, 5.41) is 0. The summed E-state index contributed by atoms with van der Waals surface area (Å²) in [6.07, 6.45) is 5.95. The molecule has 1 atom stereocenters. The van der Waals surface area contributed by atoms with E-state index in [0.29, 0.717) is 6.61 Å². The highest BCUT2D eigenvalue weighted by atomic mass is 16.5. The number of anilines is 1. The van der Waals surface area contributed by atoms with Crippen LogP contribution in [0.5, 0.6) is 0 Å². The lowest BCUT2D eigenvalue weighted by atomic mass is 9.86. The Morgan fingerprint density at radius 2 is 1.65 bits per heavy atom. The third-order valence-corrected chi connectivity index (χ3v) is 4.52. The first kappa shape index (κ1) is 18.0. The largest absolute Gasteiger partial charge is 0.463 e. The molecule has 0 saturated carbocycles. The lowest BCUT2D eigenvalue weighted by molar-refractivity contribution is -0.138. The first-order valence-electron chi connectivity index (χ1n) is 9.24. The van der Waals surface area contributed by atoms with E-state index >= 15 is 0 Å². The number of carbonyl (C=O) groups is 1. The van der Waals surface area contributed by atoms with E-state index in [4.69, 9.17) is 4.74 Å². The van der Waals surface area contributed by atoms with E-state index in [2.05, 4.69) is 48.4 Å². The van der Waals surface area contributed by atoms with E-state index in [9.17, 15) is 4.79 Å². The number of ether oxygens (including phenoxy) is 1. The summed E-state index contributed by atoms with van der Waals surface area (Å²) >= 11 is 0. The predicted octanol–water partition coefficient (Wildman–Crippen LogP) is 5.42. The first-order chi connectivity index (χ1) is 12.8. The number of hydrogen-bond donors (Lipinski definition) is 0. The molecule has 0 spiro atoms. The van der Waals surface area contributed by atoms with Crippen molar-refractivity contribution in [3.63, 3.8) is 0 Å². The topological polar surface area (TPSA) is 29.5 Å². The predicted molar refractivity (Wildman–Crippen MR) is 106 cm³/mol. The fraction of sp³-hybridized carbons (Fsp3) is 0.261. The van der Waals surface area contributed by atoms with Gasteiger partial charge in [-0.25, -0.2) is 4.79 Å². The summed E-state index contributed by atoms with van der Waals surface area (Å²) in [5.74, 6) is -0.313. The number of benzene rings is 2. The van der Waals surface area contributed by atoms with Gasteiger partial charge in [0.2, 0.25) is 0 Å². The van der Waals surface area contributed by atoms with Crippen LogP contribution in [0.3, 0.4) is 0 Å². The lowest BCUT2D eigenvalue weighted by Crippen LogP contribution is -2.28. The number of hydrogen-bond acceptors (Lipinski definition) is 3. The van der Waals surface area contributed by atoms with Crippen molar-refractivity contribution >= 4 is 11.7 Å². The molecule has 0 saturated heterocycles. The van der Waals surface area contributed by atoms with Crippen molar-refractivity contribution in [2.75, 3.05) is 11.5 Å². The molecule has 0 fully saturated rings. The van der Waals surface area contributed by atoms with Crippen molar-refractivity contribution in [1.29, 1.82) is 0 Å². The highest BCUT2D eigenvalue weighted by Gasteiger charge is 2.31.